The van der Waals surface area contributed by atoms with Crippen LogP contribution in [0, 0.1) is 3.77 Å². The van der Waals surface area contributed by atoms with E-state index in [0.29, 0.717) is 37.8 Å². The Balaban J connectivity index is 1.69. The van der Waals surface area contributed by atoms with E-state index in [0.717, 1.165) is 9.33 Å². The van der Waals surface area contributed by atoms with Gasteiger partial charge in [0.25, 0.3) is 11.5 Å². The number of benzene rings is 2. The molecule has 0 fully saturated rings. The van der Waals surface area contributed by atoms with Crippen molar-refractivity contribution in [1.82, 2.24) is 4.57 Å². The molecule has 1 N–H and O–H groups in total. The van der Waals surface area contributed by atoms with Gasteiger partial charge in [-0.2, -0.15) is 0 Å². The number of hydrogen-bond acceptors (Lipinski definition) is 6. The van der Waals surface area contributed by atoms with Gasteiger partial charge in [0.2, 0.25) is 0 Å². The van der Waals surface area contributed by atoms with Gasteiger partial charge in [-0.25, -0.2) is 4.99 Å². The summed E-state index contributed by atoms with van der Waals surface area (Å²) in [6, 6.07) is 19.6. The number of fused-ring (bicyclic) bond motifs is 1. The van der Waals surface area contributed by atoms with Crippen LogP contribution < -0.4 is 24.9 Å². The van der Waals surface area contributed by atoms with Crippen molar-refractivity contribution in [2.45, 2.75) is 13.0 Å². The van der Waals surface area contributed by atoms with Crippen LogP contribution in [0.1, 0.15) is 24.3 Å². The third kappa shape index (κ3) is 4.61. The lowest BCUT2D eigenvalue weighted by Crippen LogP contribution is -2.40. The summed E-state index contributed by atoms with van der Waals surface area (Å²) in [5.41, 5.74) is 2.11. The number of allylic oxidation sites excluding steroid dienone is 1. The summed E-state index contributed by atoms with van der Waals surface area (Å²) in [6.45, 7) is 1.79. The van der Waals surface area contributed by atoms with Crippen molar-refractivity contribution in [1.29, 1.82) is 0 Å². The Labute approximate surface area is 218 Å². The maximum atomic E-state index is 13.6. The molecule has 2 aromatic carbocycles. The highest BCUT2D eigenvalue weighted by atomic mass is 127. The summed E-state index contributed by atoms with van der Waals surface area (Å²) in [6.07, 6.45) is 1.71. The van der Waals surface area contributed by atoms with Crippen molar-refractivity contribution in [3.8, 4) is 5.75 Å². The Bertz CT molecular complexity index is 1630. The van der Waals surface area contributed by atoms with Crippen LogP contribution in [0.25, 0.3) is 6.08 Å². The number of thiazole rings is 1. The van der Waals surface area contributed by atoms with Crippen LogP contribution in [0.2, 0.25) is 0 Å². The Hall–Kier alpha value is -3.44. The molecule has 1 amide bonds. The second kappa shape index (κ2) is 9.67. The number of carbonyl (C=O) groups is 1. The van der Waals surface area contributed by atoms with Gasteiger partial charge in [0.1, 0.15) is 11.5 Å². The highest BCUT2D eigenvalue weighted by Crippen LogP contribution is 2.32. The number of methoxy groups -OCH3 is 1. The molecular formula is C26H20IN3O4S. The maximum Gasteiger partial charge on any atom is 0.271 e. The third-order valence-electron chi connectivity index (χ3n) is 5.57. The van der Waals surface area contributed by atoms with Gasteiger partial charge >= 0.3 is 0 Å². The van der Waals surface area contributed by atoms with Crippen molar-refractivity contribution < 1.29 is 13.9 Å². The molecule has 7 nitrogen and oxygen atoms in total. The number of aromatic nitrogens is 1. The Morgan fingerprint density at radius 3 is 2.69 bits per heavy atom. The molecule has 176 valence electrons. The molecule has 0 aliphatic carbocycles. The minimum Gasteiger partial charge on any atom is -0.497 e. The first-order chi connectivity index (χ1) is 16.9. The average molecular weight is 597 g/mol. The number of halogens is 1. The molecule has 9 heteroatoms. The highest BCUT2D eigenvalue weighted by molar-refractivity contribution is 14.1. The molecule has 2 aromatic heterocycles. The van der Waals surface area contributed by atoms with E-state index in [2.05, 4.69) is 32.9 Å². The van der Waals surface area contributed by atoms with Crippen LogP contribution in [0.4, 0.5) is 5.69 Å². The Kier molecular flexibility index (Phi) is 6.44. The van der Waals surface area contributed by atoms with Crippen molar-refractivity contribution in [3.05, 3.63) is 113 Å². The van der Waals surface area contributed by atoms with Crippen LogP contribution in [-0.4, -0.2) is 17.6 Å². The predicted molar refractivity (Wildman–Crippen MR) is 143 cm³/mol. The van der Waals surface area contributed by atoms with Gasteiger partial charge in [0, 0.05) is 11.8 Å². The zero-order chi connectivity index (χ0) is 24.5. The first kappa shape index (κ1) is 23.3. The molecular weight excluding hydrogens is 577 g/mol. The van der Waals surface area contributed by atoms with Gasteiger partial charge in [0.05, 0.1) is 29.0 Å². The van der Waals surface area contributed by atoms with Gasteiger partial charge in [0.15, 0.2) is 8.57 Å². The van der Waals surface area contributed by atoms with Gasteiger partial charge in [-0.15, -0.1) is 0 Å². The van der Waals surface area contributed by atoms with Crippen molar-refractivity contribution in [2.24, 2.45) is 4.99 Å². The molecule has 1 aliphatic heterocycles. The number of nitrogens with zero attached hydrogens (tertiary/aromatic N) is 2. The van der Waals surface area contributed by atoms with E-state index >= 15 is 0 Å². The summed E-state index contributed by atoms with van der Waals surface area (Å²) in [5.74, 6) is 0.891. The minimum atomic E-state index is -0.677. The number of anilines is 1. The van der Waals surface area contributed by atoms with Gasteiger partial charge in [-0.3, -0.25) is 14.2 Å². The lowest BCUT2D eigenvalue weighted by Gasteiger charge is -2.25. The van der Waals surface area contributed by atoms with Gasteiger partial charge in [-0.05, 0) is 71.5 Å². The predicted octanol–water partition coefficient (Wildman–Crippen LogP) is 4.08. The molecule has 35 heavy (non-hydrogen) atoms. The molecule has 3 heterocycles. The SMILES string of the molecule is COc1cccc(C2C(C(=O)Nc3ccccc3)=C(C)N=c3s/c(=C\c4ccc(I)o4)c(=O)n32)c1. The lowest BCUT2D eigenvalue weighted by molar-refractivity contribution is -0.113. The maximum absolute atomic E-state index is 13.6. The molecule has 1 aliphatic rings. The van der Waals surface area contributed by atoms with E-state index in [9.17, 15) is 9.59 Å². The molecule has 0 spiro atoms. The largest absolute Gasteiger partial charge is 0.497 e. The number of rotatable bonds is 5. The van der Waals surface area contributed by atoms with Crippen LogP contribution in [0.15, 0.2) is 92.2 Å². The van der Waals surface area contributed by atoms with E-state index in [1.54, 1.807) is 24.7 Å². The third-order valence-corrected chi connectivity index (χ3v) is 7.14. The van der Waals surface area contributed by atoms with Gasteiger partial charge < -0.3 is 14.5 Å². The van der Waals surface area contributed by atoms with Gasteiger partial charge in [-0.1, -0.05) is 41.7 Å². The fourth-order valence-electron chi connectivity index (χ4n) is 3.99. The van der Waals surface area contributed by atoms with Crippen molar-refractivity contribution in [3.63, 3.8) is 0 Å². The van der Waals surface area contributed by atoms with Crippen LogP contribution in [0.3, 0.4) is 0 Å². The van der Waals surface area contributed by atoms with Crippen LogP contribution in [-0.2, 0) is 4.79 Å². The van der Waals surface area contributed by atoms with E-state index in [1.165, 1.54) is 11.3 Å². The molecule has 1 atom stereocenters. The smallest absolute Gasteiger partial charge is 0.271 e. The molecule has 0 saturated carbocycles. The van der Waals surface area contributed by atoms with Crippen LogP contribution >= 0.6 is 33.9 Å². The Morgan fingerprint density at radius 1 is 1.17 bits per heavy atom. The highest BCUT2D eigenvalue weighted by Gasteiger charge is 2.32. The number of nitrogens with one attached hydrogen (secondary N) is 1. The Morgan fingerprint density at radius 2 is 1.97 bits per heavy atom. The average Bonchev–Trinajstić information content (AvgIpc) is 3.40. The summed E-state index contributed by atoms with van der Waals surface area (Å²) >= 11 is 3.34. The molecule has 0 saturated heterocycles. The molecule has 5 rings (SSSR count). The monoisotopic (exact) mass is 597 g/mol. The van der Waals surface area contributed by atoms with Crippen LogP contribution in [0.5, 0.6) is 5.75 Å². The summed E-state index contributed by atoms with van der Waals surface area (Å²) in [5, 5.41) is 2.95. The normalized spacial score (nSPS) is 15.5. The summed E-state index contributed by atoms with van der Waals surface area (Å²) < 4.78 is 13.8. The molecule has 0 bridgehead atoms. The second-order valence-corrected chi connectivity index (χ2v) is 9.89. The van der Waals surface area contributed by atoms with Crippen molar-refractivity contribution >= 4 is 51.6 Å². The first-order valence-corrected chi connectivity index (χ1v) is 12.6. The number of amides is 1. The van der Waals surface area contributed by atoms with E-state index in [1.807, 2.05) is 66.7 Å². The standard InChI is InChI=1S/C26H20IN3O4S/c1-15-22(24(31)29-17-8-4-3-5-9-17)23(16-7-6-10-18(13-16)33-2)30-25(32)20(35-26(30)28-15)14-19-11-12-21(27)34-19/h3-14,23H,1-2H3,(H,29,31)/b20-14-. The topological polar surface area (TPSA) is 85.8 Å². The van der Waals surface area contributed by atoms with E-state index < -0.39 is 6.04 Å². The number of para-hydroxylation sites is 1. The minimum absolute atomic E-state index is 0.245. The van der Waals surface area contributed by atoms with E-state index in [4.69, 9.17) is 9.15 Å². The lowest BCUT2D eigenvalue weighted by atomic mass is 9.95. The number of hydrogen-bond donors (Lipinski definition) is 1. The molecule has 0 radical (unpaired) electrons. The number of furan rings is 1. The number of ether oxygens (including phenoxy) is 1. The second-order valence-electron chi connectivity index (χ2n) is 7.82. The molecule has 1 unspecified atom stereocenters. The quantitative estimate of drug-likeness (QED) is 0.352. The zero-order valence-corrected chi connectivity index (χ0v) is 21.8. The van der Waals surface area contributed by atoms with E-state index in [-0.39, 0.29) is 11.5 Å². The summed E-state index contributed by atoms with van der Waals surface area (Å²) in [4.78, 5) is 32.4. The zero-order valence-electron chi connectivity index (χ0n) is 18.8. The fraction of sp³-hybridized carbons (Fsp3) is 0.115. The number of carbonyl (C=O) groups excluding carboxylic acids is 1. The molecule has 4 aromatic rings. The van der Waals surface area contributed by atoms with Crippen molar-refractivity contribution in [2.75, 3.05) is 12.4 Å². The first-order valence-electron chi connectivity index (χ1n) is 10.7. The summed E-state index contributed by atoms with van der Waals surface area (Å²) in [7, 11) is 1.58. The fourth-order valence-corrected chi connectivity index (χ4v) is 5.45.